The van der Waals surface area contributed by atoms with Gasteiger partial charge in [0.05, 0.1) is 26.2 Å². The second-order valence-electron chi connectivity index (χ2n) is 11.6. The Bertz CT molecular complexity index is 1320. The zero-order valence-electron chi connectivity index (χ0n) is 23.0. The lowest BCUT2D eigenvalue weighted by atomic mass is 9.87. The number of amides is 2. The molecule has 1 saturated heterocycles. The van der Waals surface area contributed by atoms with Gasteiger partial charge in [-0.05, 0) is 73.6 Å². The van der Waals surface area contributed by atoms with Crippen LogP contribution in [0.5, 0.6) is 0 Å². The molecule has 2 aliphatic rings. The number of halogens is 1. The monoisotopic (exact) mass is 529 g/mol. The number of hydrogen-bond donors (Lipinski definition) is 2. The van der Waals surface area contributed by atoms with Gasteiger partial charge in [-0.3, -0.25) is 14.6 Å². The van der Waals surface area contributed by atoms with Gasteiger partial charge in [0.25, 0.3) is 5.91 Å². The van der Waals surface area contributed by atoms with E-state index < -0.39 is 5.82 Å². The molecule has 1 saturated carbocycles. The molecule has 6 nitrogen and oxygen atoms in total. The minimum Gasteiger partial charge on any atom is -0.348 e. The minimum absolute atomic E-state index is 0.0701. The van der Waals surface area contributed by atoms with Crippen LogP contribution in [0.4, 0.5) is 10.1 Å². The van der Waals surface area contributed by atoms with E-state index in [0.717, 1.165) is 29.3 Å². The zero-order valence-corrected chi connectivity index (χ0v) is 23.0. The smallest absolute Gasteiger partial charge is 0.251 e. The highest BCUT2D eigenvalue weighted by atomic mass is 19.1. The van der Waals surface area contributed by atoms with Gasteiger partial charge < -0.3 is 15.1 Å². The predicted octanol–water partition coefficient (Wildman–Crippen LogP) is 5.63. The third kappa shape index (κ3) is 6.19. The molecule has 2 heterocycles. The maximum Gasteiger partial charge on any atom is 0.251 e. The van der Waals surface area contributed by atoms with Crippen molar-refractivity contribution in [1.29, 1.82) is 0 Å². The standard InChI is InChI=1S/C32H37FN4O2/c1-21(2)37(3)15-12-23(13-16-37)22-6-8-24(9-7-22)31(38)35-20-26-10-11-27(17-30(26)33)36-32(39)29-18-28(29)25-5-4-14-34-19-25/h4-11,14,17,19,21,23,28-29H,12-13,15-16,18,20H2,1-3H3,(H-,35,36,38,39)/p+1/t23?,28-,29+,37?/m1/s1. The molecule has 39 heavy (non-hydrogen) atoms. The van der Waals surface area contributed by atoms with Crippen molar-refractivity contribution in [2.24, 2.45) is 5.92 Å². The van der Waals surface area contributed by atoms with E-state index in [0.29, 0.717) is 28.8 Å². The van der Waals surface area contributed by atoms with Gasteiger partial charge in [-0.2, -0.15) is 0 Å². The summed E-state index contributed by atoms with van der Waals surface area (Å²) in [6.45, 7) is 7.00. The Balaban J connectivity index is 1.11. The number of nitrogens with one attached hydrogen (secondary N) is 2. The third-order valence-electron chi connectivity index (χ3n) is 8.87. The van der Waals surface area contributed by atoms with Crippen LogP contribution in [0.2, 0.25) is 0 Å². The predicted molar refractivity (Wildman–Crippen MR) is 151 cm³/mol. The summed E-state index contributed by atoms with van der Waals surface area (Å²) in [4.78, 5) is 29.4. The van der Waals surface area contributed by atoms with Crippen molar-refractivity contribution < 1.29 is 18.5 Å². The quantitative estimate of drug-likeness (QED) is 0.372. The fraction of sp³-hybridized carbons (Fsp3) is 0.406. The van der Waals surface area contributed by atoms with E-state index in [1.807, 2.05) is 24.3 Å². The maximum atomic E-state index is 14.8. The number of hydrogen-bond acceptors (Lipinski definition) is 3. The Morgan fingerprint density at radius 1 is 1.05 bits per heavy atom. The highest BCUT2D eigenvalue weighted by Gasteiger charge is 2.44. The number of rotatable bonds is 8. The number of piperidine rings is 1. The van der Waals surface area contributed by atoms with Crippen molar-refractivity contribution >= 4 is 17.5 Å². The summed E-state index contributed by atoms with van der Waals surface area (Å²) in [5.74, 6) is -0.251. The van der Waals surface area contributed by atoms with Gasteiger partial charge in [-0.15, -0.1) is 0 Å². The first-order chi connectivity index (χ1) is 18.7. The van der Waals surface area contributed by atoms with E-state index in [1.165, 1.54) is 24.7 Å². The molecule has 1 aliphatic heterocycles. The normalized spacial score (nSPS) is 24.3. The van der Waals surface area contributed by atoms with Gasteiger partial charge in [-0.25, -0.2) is 4.39 Å². The molecule has 2 amide bonds. The summed E-state index contributed by atoms with van der Waals surface area (Å²) in [5.41, 5.74) is 3.67. The zero-order chi connectivity index (χ0) is 27.6. The van der Waals surface area contributed by atoms with E-state index in [1.54, 1.807) is 24.5 Å². The molecule has 7 heteroatoms. The van der Waals surface area contributed by atoms with Gasteiger partial charge in [-0.1, -0.05) is 24.3 Å². The van der Waals surface area contributed by atoms with Crippen molar-refractivity contribution in [2.75, 3.05) is 25.5 Å². The highest BCUT2D eigenvalue weighted by molar-refractivity contribution is 5.95. The van der Waals surface area contributed by atoms with Crippen molar-refractivity contribution in [1.82, 2.24) is 10.3 Å². The number of benzene rings is 2. The molecule has 1 aliphatic carbocycles. The molecule has 2 fully saturated rings. The number of carbonyl (C=O) groups is 2. The van der Waals surface area contributed by atoms with Crippen LogP contribution in [-0.4, -0.2) is 47.5 Å². The van der Waals surface area contributed by atoms with Crippen LogP contribution in [0.3, 0.4) is 0 Å². The average Bonchev–Trinajstić information content (AvgIpc) is 3.75. The lowest BCUT2D eigenvalue weighted by Crippen LogP contribution is -2.53. The number of aromatic nitrogens is 1. The van der Waals surface area contributed by atoms with Crippen LogP contribution < -0.4 is 10.6 Å². The van der Waals surface area contributed by atoms with Gasteiger partial charge >= 0.3 is 0 Å². The fourth-order valence-electron chi connectivity index (χ4n) is 5.64. The van der Waals surface area contributed by atoms with Crippen LogP contribution in [0.25, 0.3) is 0 Å². The van der Waals surface area contributed by atoms with Gasteiger partial charge in [0.2, 0.25) is 5.91 Å². The Morgan fingerprint density at radius 2 is 1.79 bits per heavy atom. The van der Waals surface area contributed by atoms with Crippen LogP contribution in [-0.2, 0) is 11.3 Å². The van der Waals surface area contributed by atoms with Gasteiger partial charge in [0, 0.05) is 54.5 Å². The SMILES string of the molecule is CC(C)[N+]1(C)CCC(c2ccc(C(=O)NCc3ccc(NC(=O)[C@H]4C[C@@H]4c4cccnc4)cc3F)cc2)CC1. The number of carbonyl (C=O) groups excluding carboxylic acids is 2. The Labute approximate surface area is 230 Å². The molecule has 0 radical (unpaired) electrons. The van der Waals surface area contributed by atoms with E-state index >= 15 is 0 Å². The molecule has 2 atom stereocenters. The van der Waals surface area contributed by atoms with Crippen LogP contribution in [0.15, 0.2) is 67.0 Å². The number of anilines is 1. The van der Waals surface area contributed by atoms with E-state index in [-0.39, 0.29) is 30.2 Å². The molecule has 0 spiro atoms. The lowest BCUT2D eigenvalue weighted by molar-refractivity contribution is -0.934. The Kier molecular flexibility index (Phi) is 7.80. The molecule has 2 N–H and O–H groups in total. The maximum absolute atomic E-state index is 14.8. The van der Waals surface area contributed by atoms with Gasteiger partial charge in [0.1, 0.15) is 5.82 Å². The van der Waals surface area contributed by atoms with Crippen LogP contribution in [0.1, 0.15) is 72.0 Å². The summed E-state index contributed by atoms with van der Waals surface area (Å²) in [5, 5.41) is 5.63. The number of nitrogens with zero attached hydrogens (tertiary/aromatic N) is 2. The number of likely N-dealkylation sites (tertiary alicyclic amines) is 1. The van der Waals surface area contributed by atoms with Crippen molar-refractivity contribution in [3.8, 4) is 0 Å². The highest BCUT2D eigenvalue weighted by Crippen LogP contribution is 2.47. The molecule has 0 unspecified atom stereocenters. The van der Waals surface area contributed by atoms with Crippen molar-refractivity contribution in [3.63, 3.8) is 0 Å². The van der Waals surface area contributed by atoms with E-state index in [9.17, 15) is 14.0 Å². The number of pyridine rings is 1. The molecule has 0 bridgehead atoms. The first kappa shape index (κ1) is 27.0. The Hall–Kier alpha value is -3.58. The Morgan fingerprint density at radius 3 is 2.44 bits per heavy atom. The lowest BCUT2D eigenvalue weighted by Gasteiger charge is -2.44. The summed E-state index contributed by atoms with van der Waals surface area (Å²) >= 11 is 0. The summed E-state index contributed by atoms with van der Waals surface area (Å²) in [6.07, 6.45) is 6.57. The number of quaternary nitrogens is 1. The molecular weight excluding hydrogens is 491 g/mol. The topological polar surface area (TPSA) is 71.1 Å². The van der Waals surface area contributed by atoms with Crippen molar-refractivity contribution in [3.05, 3.63) is 95.1 Å². The summed E-state index contributed by atoms with van der Waals surface area (Å²) < 4.78 is 15.9. The van der Waals surface area contributed by atoms with Gasteiger partial charge in [0.15, 0.2) is 0 Å². The average molecular weight is 530 g/mol. The molecule has 3 aromatic rings. The first-order valence-corrected chi connectivity index (χ1v) is 13.9. The van der Waals surface area contributed by atoms with Crippen LogP contribution >= 0.6 is 0 Å². The molecular formula is C32H38FN4O2+. The van der Waals surface area contributed by atoms with Crippen molar-refractivity contribution in [2.45, 2.75) is 57.5 Å². The van der Waals surface area contributed by atoms with Crippen LogP contribution in [0, 0.1) is 11.7 Å². The fourth-order valence-corrected chi connectivity index (χ4v) is 5.64. The largest absolute Gasteiger partial charge is 0.348 e. The summed E-state index contributed by atoms with van der Waals surface area (Å²) in [7, 11) is 2.34. The third-order valence-corrected chi connectivity index (χ3v) is 8.87. The second-order valence-corrected chi connectivity index (χ2v) is 11.6. The second kappa shape index (κ2) is 11.3. The summed E-state index contributed by atoms with van der Waals surface area (Å²) in [6, 6.07) is 16.9. The minimum atomic E-state index is -0.466. The molecule has 204 valence electrons. The molecule has 2 aromatic carbocycles. The molecule has 1 aromatic heterocycles. The first-order valence-electron chi connectivity index (χ1n) is 13.9. The van der Waals surface area contributed by atoms with E-state index in [2.05, 4.69) is 48.6 Å². The molecule has 5 rings (SSSR count). The van der Waals surface area contributed by atoms with E-state index in [4.69, 9.17) is 0 Å².